The first-order chi connectivity index (χ1) is 32.1. The van der Waals surface area contributed by atoms with E-state index in [0.29, 0.717) is 0 Å². The molecule has 1 aromatic heterocycles. The highest BCUT2D eigenvalue weighted by atomic mass is 32.1. The molecule has 1 unspecified atom stereocenters. The molecule has 0 aliphatic heterocycles. The zero-order chi connectivity index (χ0) is 43.1. The highest BCUT2D eigenvalue weighted by Crippen LogP contribution is 2.58. The summed E-state index contributed by atoms with van der Waals surface area (Å²) in [6.45, 7) is 2.41. The van der Waals surface area contributed by atoms with Crippen molar-refractivity contribution >= 4 is 48.6 Å². The van der Waals surface area contributed by atoms with Crippen molar-refractivity contribution in [3.05, 3.63) is 282 Å². The van der Waals surface area contributed by atoms with Gasteiger partial charge in [-0.05, 0) is 128 Å². The minimum atomic E-state index is -0.520. The maximum Gasteiger partial charge on any atom is 0.0714 e. The predicted molar refractivity (Wildman–Crippen MR) is 274 cm³/mol. The number of anilines is 3. The summed E-state index contributed by atoms with van der Waals surface area (Å²) in [5, 5.41) is 2.64. The smallest absolute Gasteiger partial charge is 0.0714 e. The fourth-order valence-electron chi connectivity index (χ4n) is 11.5. The molecule has 0 spiro atoms. The number of thiophene rings is 1. The maximum atomic E-state index is 2.49. The third-order valence-corrected chi connectivity index (χ3v) is 15.6. The first-order valence-electron chi connectivity index (χ1n) is 22.6. The summed E-state index contributed by atoms with van der Waals surface area (Å²) in [7, 11) is 0. The Labute approximate surface area is 384 Å². The number of benzene rings is 10. The van der Waals surface area contributed by atoms with Gasteiger partial charge in [-0.2, -0.15) is 0 Å². The van der Waals surface area contributed by atoms with Gasteiger partial charge in [-0.15, -0.1) is 11.3 Å². The van der Waals surface area contributed by atoms with E-state index in [1.807, 2.05) is 11.3 Å². The summed E-state index contributed by atoms with van der Waals surface area (Å²) in [4.78, 5) is 2.49. The minimum Gasteiger partial charge on any atom is -0.310 e. The van der Waals surface area contributed by atoms with Crippen molar-refractivity contribution in [2.24, 2.45) is 0 Å². The summed E-state index contributed by atoms with van der Waals surface area (Å²) in [5.41, 5.74) is 19.2. The quantitative estimate of drug-likeness (QED) is 0.154. The Hall–Kier alpha value is -7.78. The molecule has 0 radical (unpaired) electrons. The largest absolute Gasteiger partial charge is 0.310 e. The van der Waals surface area contributed by atoms with E-state index in [-0.39, 0.29) is 5.41 Å². The third-order valence-electron chi connectivity index (χ3n) is 14.4. The number of hydrogen-bond donors (Lipinski definition) is 0. The second kappa shape index (κ2) is 14.6. The van der Waals surface area contributed by atoms with Gasteiger partial charge in [0.2, 0.25) is 0 Å². The second-order valence-electron chi connectivity index (χ2n) is 17.7. The van der Waals surface area contributed by atoms with Crippen LogP contribution >= 0.6 is 11.3 Å². The molecule has 65 heavy (non-hydrogen) atoms. The van der Waals surface area contributed by atoms with Crippen molar-refractivity contribution in [1.82, 2.24) is 0 Å². The molecule has 13 rings (SSSR count). The molecule has 2 heteroatoms. The zero-order valence-electron chi connectivity index (χ0n) is 35.9. The molecular weight excluding hydrogens is 803 g/mol. The lowest BCUT2D eigenvalue weighted by atomic mass is 9.67. The van der Waals surface area contributed by atoms with Gasteiger partial charge in [0.15, 0.2) is 0 Å². The second-order valence-corrected chi connectivity index (χ2v) is 18.8. The van der Waals surface area contributed by atoms with E-state index in [2.05, 4.69) is 254 Å². The lowest BCUT2D eigenvalue weighted by molar-refractivity contribution is 0.714. The van der Waals surface area contributed by atoms with Crippen LogP contribution in [-0.4, -0.2) is 0 Å². The van der Waals surface area contributed by atoms with E-state index in [1.165, 1.54) is 92.5 Å². The van der Waals surface area contributed by atoms with Crippen LogP contribution < -0.4 is 4.90 Å². The van der Waals surface area contributed by atoms with Crippen LogP contribution in [0.5, 0.6) is 0 Å². The standard InChI is InChI=1S/C63H43NS/c1-62(43-18-5-2-6-19-43)55-28-14-11-24-50(55)52-38-36-47(40-57(52)62)64(46-34-32-42(33-35-46)49-27-17-31-60-61(49)54-26-13-16-30-59(54)65-60)48-37-39-53-51-25-12-15-29-56(51)63(58(53)41-48,44-20-7-3-8-21-44)45-22-9-4-10-23-45/h2-41H,1H3. The lowest BCUT2D eigenvalue weighted by Gasteiger charge is -2.35. The molecule has 0 saturated carbocycles. The normalized spacial score (nSPS) is 15.3. The van der Waals surface area contributed by atoms with Crippen LogP contribution in [0.4, 0.5) is 17.1 Å². The molecule has 0 amide bonds. The molecule has 2 aliphatic carbocycles. The van der Waals surface area contributed by atoms with Crippen LogP contribution in [0.3, 0.4) is 0 Å². The van der Waals surface area contributed by atoms with Gasteiger partial charge in [0.05, 0.1) is 5.41 Å². The summed E-state index contributed by atoms with van der Waals surface area (Å²) in [6.07, 6.45) is 0. The van der Waals surface area contributed by atoms with Gasteiger partial charge in [0.1, 0.15) is 0 Å². The van der Waals surface area contributed by atoms with Crippen molar-refractivity contribution in [3.8, 4) is 33.4 Å². The average molecular weight is 846 g/mol. The van der Waals surface area contributed by atoms with Crippen LogP contribution in [0, 0.1) is 0 Å². The summed E-state index contributed by atoms with van der Waals surface area (Å²) < 4.78 is 2.63. The summed E-state index contributed by atoms with van der Waals surface area (Å²) >= 11 is 1.87. The van der Waals surface area contributed by atoms with Crippen LogP contribution in [0.15, 0.2) is 243 Å². The van der Waals surface area contributed by atoms with Crippen LogP contribution in [0.1, 0.15) is 45.9 Å². The predicted octanol–water partition coefficient (Wildman–Crippen LogP) is 16.9. The van der Waals surface area contributed by atoms with Crippen molar-refractivity contribution < 1.29 is 0 Å². The highest BCUT2D eigenvalue weighted by Gasteiger charge is 2.46. The van der Waals surface area contributed by atoms with Gasteiger partial charge >= 0.3 is 0 Å². The van der Waals surface area contributed by atoms with Gasteiger partial charge in [-0.25, -0.2) is 0 Å². The van der Waals surface area contributed by atoms with Crippen molar-refractivity contribution in [2.75, 3.05) is 4.90 Å². The first kappa shape index (κ1) is 37.7. The molecular formula is C63H43NS. The van der Waals surface area contributed by atoms with E-state index in [1.54, 1.807) is 0 Å². The molecule has 2 aliphatic rings. The van der Waals surface area contributed by atoms with Crippen molar-refractivity contribution in [1.29, 1.82) is 0 Å². The minimum absolute atomic E-state index is 0.337. The Morgan fingerprint density at radius 2 is 0.815 bits per heavy atom. The highest BCUT2D eigenvalue weighted by molar-refractivity contribution is 7.25. The van der Waals surface area contributed by atoms with E-state index >= 15 is 0 Å². The molecule has 0 N–H and O–H groups in total. The number of fused-ring (bicyclic) bond motifs is 9. The third kappa shape index (κ3) is 5.51. The molecule has 1 nitrogen and oxygen atoms in total. The van der Waals surface area contributed by atoms with Crippen molar-refractivity contribution in [2.45, 2.75) is 17.8 Å². The van der Waals surface area contributed by atoms with Crippen molar-refractivity contribution in [3.63, 3.8) is 0 Å². The van der Waals surface area contributed by atoms with E-state index in [9.17, 15) is 0 Å². The van der Waals surface area contributed by atoms with E-state index in [0.717, 1.165) is 17.1 Å². The van der Waals surface area contributed by atoms with Gasteiger partial charge in [0.25, 0.3) is 0 Å². The average Bonchev–Trinajstić information content (AvgIpc) is 4.00. The molecule has 10 aromatic carbocycles. The Kier molecular flexibility index (Phi) is 8.50. The SMILES string of the molecule is CC1(c2ccccc2)c2ccccc2-c2ccc(N(c3ccc(-c4cccc5sc6ccccc6c45)cc3)c3ccc4c(c3)C(c3ccccc3)(c3ccccc3)c3ccccc3-4)cc21. The summed E-state index contributed by atoms with van der Waals surface area (Å²) in [6, 6.07) is 90.5. The molecule has 11 aromatic rings. The maximum absolute atomic E-state index is 2.49. The van der Waals surface area contributed by atoms with E-state index in [4.69, 9.17) is 0 Å². The molecule has 306 valence electrons. The molecule has 0 saturated heterocycles. The lowest BCUT2D eigenvalue weighted by Crippen LogP contribution is -2.28. The Morgan fingerprint density at radius 3 is 1.49 bits per heavy atom. The number of hydrogen-bond acceptors (Lipinski definition) is 2. The number of nitrogens with zero attached hydrogens (tertiary/aromatic N) is 1. The van der Waals surface area contributed by atoms with Gasteiger partial charge in [-0.1, -0.05) is 194 Å². The Balaban J connectivity index is 1.05. The topological polar surface area (TPSA) is 3.24 Å². The van der Waals surface area contributed by atoms with E-state index < -0.39 is 5.41 Å². The van der Waals surface area contributed by atoms with Crippen LogP contribution in [0.25, 0.3) is 53.6 Å². The molecule has 1 atom stereocenters. The molecule has 0 bridgehead atoms. The summed E-state index contributed by atoms with van der Waals surface area (Å²) in [5.74, 6) is 0. The van der Waals surface area contributed by atoms with Gasteiger partial charge in [-0.3, -0.25) is 0 Å². The Morgan fingerprint density at radius 1 is 0.338 bits per heavy atom. The number of rotatable bonds is 7. The fraction of sp³-hybridized carbons (Fsp3) is 0.0476. The Bertz CT molecular complexity index is 3570. The van der Waals surface area contributed by atoms with Gasteiger partial charge in [0, 0.05) is 42.6 Å². The van der Waals surface area contributed by atoms with Gasteiger partial charge < -0.3 is 4.90 Å². The zero-order valence-corrected chi connectivity index (χ0v) is 36.8. The molecule has 0 fully saturated rings. The fourth-order valence-corrected chi connectivity index (χ4v) is 12.7. The monoisotopic (exact) mass is 845 g/mol. The van der Waals surface area contributed by atoms with Crippen LogP contribution in [0.2, 0.25) is 0 Å². The van der Waals surface area contributed by atoms with Crippen LogP contribution in [-0.2, 0) is 10.8 Å². The molecule has 1 heterocycles. The first-order valence-corrected chi connectivity index (χ1v) is 23.4.